The molecule has 0 saturated carbocycles. The topological polar surface area (TPSA) is 50.3 Å². The lowest BCUT2D eigenvalue weighted by molar-refractivity contribution is 0.520. The van der Waals surface area contributed by atoms with Crippen molar-refractivity contribution in [2.45, 2.75) is 25.2 Å². The number of pyridine rings is 1. The molecule has 0 spiro atoms. The van der Waals surface area contributed by atoms with Crippen LogP contribution >= 0.6 is 0 Å². The fraction of sp³-hybridized carbons (Fsp3) is 0.278. The van der Waals surface area contributed by atoms with Crippen LogP contribution in [0.2, 0.25) is 0 Å². The third kappa shape index (κ3) is 2.71. The molecule has 1 aliphatic carbocycles. The van der Waals surface area contributed by atoms with Gasteiger partial charge in [-0.15, -0.1) is 0 Å². The molecule has 0 radical (unpaired) electrons. The van der Waals surface area contributed by atoms with Gasteiger partial charge >= 0.3 is 0 Å². The van der Waals surface area contributed by atoms with Crippen LogP contribution < -0.4 is 0 Å². The second-order valence-corrected chi connectivity index (χ2v) is 8.26. The van der Waals surface area contributed by atoms with Gasteiger partial charge in [0.2, 0.25) is 10.0 Å². The standard InChI is InChI=1S/C18H20N2O2S/c1-12-10-15-9-8-13(2)19-18(15)17(12)14-6-5-7-16(11-14)23(21,22)20(3)4/h5-9,11H,10H2,1-4H3. The lowest BCUT2D eigenvalue weighted by atomic mass is 10.0. The second-order valence-electron chi connectivity index (χ2n) is 6.11. The first kappa shape index (κ1) is 15.9. The van der Waals surface area contributed by atoms with Crippen molar-refractivity contribution >= 4 is 15.6 Å². The predicted octanol–water partition coefficient (Wildman–Crippen LogP) is 3.02. The second kappa shape index (κ2) is 5.58. The van der Waals surface area contributed by atoms with Crippen molar-refractivity contribution < 1.29 is 8.42 Å². The first-order chi connectivity index (χ1) is 10.8. The molecule has 0 unspecified atom stereocenters. The molecule has 0 saturated heterocycles. The van der Waals surface area contributed by atoms with Crippen LogP contribution in [-0.2, 0) is 16.4 Å². The van der Waals surface area contributed by atoms with E-state index in [1.165, 1.54) is 15.4 Å². The average Bonchev–Trinajstić information content (AvgIpc) is 2.82. The molecule has 0 amide bonds. The van der Waals surface area contributed by atoms with E-state index in [4.69, 9.17) is 0 Å². The van der Waals surface area contributed by atoms with Gasteiger partial charge in [0.25, 0.3) is 0 Å². The van der Waals surface area contributed by atoms with E-state index in [0.717, 1.165) is 28.9 Å². The van der Waals surface area contributed by atoms with Crippen LogP contribution in [0.15, 0.2) is 46.9 Å². The van der Waals surface area contributed by atoms with E-state index in [9.17, 15) is 8.42 Å². The molecule has 120 valence electrons. The smallest absolute Gasteiger partial charge is 0.242 e. The van der Waals surface area contributed by atoms with Gasteiger partial charge in [-0.1, -0.05) is 23.8 Å². The Morgan fingerprint density at radius 3 is 2.52 bits per heavy atom. The van der Waals surface area contributed by atoms with Gasteiger partial charge in [-0.05, 0) is 49.6 Å². The molecule has 0 bridgehead atoms. The monoisotopic (exact) mass is 328 g/mol. The molecule has 1 aromatic heterocycles. The zero-order valence-corrected chi connectivity index (χ0v) is 14.6. The number of aryl methyl sites for hydroxylation is 1. The van der Waals surface area contributed by atoms with Gasteiger partial charge in [-0.25, -0.2) is 12.7 Å². The minimum absolute atomic E-state index is 0.307. The lowest BCUT2D eigenvalue weighted by Gasteiger charge is -2.13. The molecular weight excluding hydrogens is 308 g/mol. The van der Waals surface area contributed by atoms with Crippen LogP contribution in [0.5, 0.6) is 0 Å². The number of fused-ring (bicyclic) bond motifs is 1. The van der Waals surface area contributed by atoms with Crippen molar-refractivity contribution in [3.05, 3.63) is 64.5 Å². The number of hydrogen-bond acceptors (Lipinski definition) is 3. The number of rotatable bonds is 3. The third-order valence-corrected chi connectivity index (χ3v) is 5.95. The maximum absolute atomic E-state index is 12.4. The summed E-state index contributed by atoms with van der Waals surface area (Å²) in [7, 11) is -0.354. The zero-order chi connectivity index (χ0) is 16.8. The van der Waals surface area contributed by atoms with Crippen molar-refractivity contribution in [1.82, 2.24) is 9.29 Å². The Kier molecular flexibility index (Phi) is 3.86. The molecule has 5 heteroatoms. The van der Waals surface area contributed by atoms with Gasteiger partial charge in [-0.2, -0.15) is 0 Å². The maximum atomic E-state index is 12.4. The molecule has 0 fully saturated rings. The van der Waals surface area contributed by atoms with Gasteiger partial charge in [0.15, 0.2) is 0 Å². The summed E-state index contributed by atoms with van der Waals surface area (Å²) in [5.74, 6) is 0. The van der Waals surface area contributed by atoms with Crippen LogP contribution in [0, 0.1) is 6.92 Å². The summed E-state index contributed by atoms with van der Waals surface area (Å²) in [4.78, 5) is 4.98. The van der Waals surface area contributed by atoms with Gasteiger partial charge < -0.3 is 0 Å². The molecule has 0 N–H and O–H groups in total. The summed E-state index contributed by atoms with van der Waals surface area (Å²) in [5.41, 5.74) is 6.32. The fourth-order valence-electron chi connectivity index (χ4n) is 2.93. The third-order valence-electron chi connectivity index (χ3n) is 4.14. The summed E-state index contributed by atoms with van der Waals surface area (Å²) >= 11 is 0. The number of aromatic nitrogens is 1. The Morgan fingerprint density at radius 1 is 1.09 bits per heavy atom. The van der Waals surface area contributed by atoms with Crippen molar-refractivity contribution in [3.8, 4) is 0 Å². The van der Waals surface area contributed by atoms with Gasteiger partial charge in [-0.3, -0.25) is 4.98 Å². The Labute approximate surface area is 137 Å². The Morgan fingerprint density at radius 2 is 1.83 bits per heavy atom. The van der Waals surface area contributed by atoms with Gasteiger partial charge in [0.05, 0.1) is 10.6 Å². The SMILES string of the molecule is CC1=C(c2cccc(S(=O)(=O)N(C)C)c2)c2nc(C)ccc2C1. The predicted molar refractivity (Wildman–Crippen MR) is 91.7 cm³/mol. The Bertz CT molecular complexity index is 912. The zero-order valence-electron chi connectivity index (χ0n) is 13.8. The van der Waals surface area contributed by atoms with E-state index < -0.39 is 10.0 Å². The molecule has 1 aliphatic rings. The molecule has 23 heavy (non-hydrogen) atoms. The molecule has 4 nitrogen and oxygen atoms in total. The minimum atomic E-state index is -3.44. The van der Waals surface area contributed by atoms with Crippen molar-refractivity contribution in [3.63, 3.8) is 0 Å². The number of benzene rings is 1. The van der Waals surface area contributed by atoms with Gasteiger partial charge in [0, 0.05) is 25.4 Å². The van der Waals surface area contributed by atoms with Crippen LogP contribution in [0.3, 0.4) is 0 Å². The Balaban J connectivity index is 2.15. The Hall–Kier alpha value is -1.98. The molecular formula is C18H20N2O2S. The highest BCUT2D eigenvalue weighted by molar-refractivity contribution is 7.89. The lowest BCUT2D eigenvalue weighted by Crippen LogP contribution is -2.22. The van der Waals surface area contributed by atoms with E-state index in [-0.39, 0.29) is 0 Å². The van der Waals surface area contributed by atoms with Gasteiger partial charge in [0.1, 0.15) is 0 Å². The summed E-state index contributed by atoms with van der Waals surface area (Å²) in [6.45, 7) is 4.05. The van der Waals surface area contributed by atoms with E-state index >= 15 is 0 Å². The molecule has 0 aliphatic heterocycles. The normalized spacial score (nSPS) is 14.5. The summed E-state index contributed by atoms with van der Waals surface area (Å²) in [5, 5.41) is 0. The van der Waals surface area contributed by atoms with Crippen molar-refractivity contribution in [1.29, 1.82) is 0 Å². The molecule has 3 rings (SSSR count). The van der Waals surface area contributed by atoms with Crippen molar-refractivity contribution in [2.24, 2.45) is 0 Å². The molecule has 1 aromatic carbocycles. The highest BCUT2D eigenvalue weighted by atomic mass is 32.2. The number of allylic oxidation sites excluding steroid dienone is 1. The van der Waals surface area contributed by atoms with E-state index in [2.05, 4.69) is 18.0 Å². The quantitative estimate of drug-likeness (QED) is 0.870. The largest absolute Gasteiger partial charge is 0.253 e. The first-order valence-electron chi connectivity index (χ1n) is 7.50. The van der Waals surface area contributed by atoms with E-state index in [0.29, 0.717) is 4.90 Å². The van der Waals surface area contributed by atoms with Crippen LogP contribution in [0.4, 0.5) is 0 Å². The maximum Gasteiger partial charge on any atom is 0.242 e. The average molecular weight is 328 g/mol. The molecule has 2 aromatic rings. The minimum Gasteiger partial charge on any atom is -0.253 e. The molecule has 0 atom stereocenters. The summed E-state index contributed by atoms with van der Waals surface area (Å²) in [6.07, 6.45) is 0.864. The highest BCUT2D eigenvalue weighted by Gasteiger charge is 2.24. The van der Waals surface area contributed by atoms with Crippen LogP contribution in [-0.4, -0.2) is 31.8 Å². The van der Waals surface area contributed by atoms with Crippen molar-refractivity contribution in [2.75, 3.05) is 14.1 Å². The van der Waals surface area contributed by atoms with Crippen LogP contribution in [0.1, 0.15) is 29.4 Å². The number of hydrogen-bond donors (Lipinski definition) is 0. The number of nitrogens with zero attached hydrogens (tertiary/aromatic N) is 2. The summed E-state index contributed by atoms with van der Waals surface area (Å²) < 4.78 is 26.0. The highest BCUT2D eigenvalue weighted by Crippen LogP contribution is 2.36. The fourth-order valence-corrected chi connectivity index (χ4v) is 3.87. The van der Waals surface area contributed by atoms with Crippen LogP contribution in [0.25, 0.3) is 5.57 Å². The van der Waals surface area contributed by atoms with E-state index in [1.54, 1.807) is 32.3 Å². The first-order valence-corrected chi connectivity index (χ1v) is 8.94. The summed E-state index contributed by atoms with van der Waals surface area (Å²) in [6, 6.07) is 11.2. The molecule has 1 heterocycles. The number of sulfonamides is 1. The van der Waals surface area contributed by atoms with E-state index in [1.807, 2.05) is 19.1 Å².